The molecule has 1 fully saturated rings. The van der Waals surface area contributed by atoms with Crippen LogP contribution in [-0.2, 0) is 11.8 Å². The summed E-state index contributed by atoms with van der Waals surface area (Å²) >= 11 is 1.86. The third-order valence-corrected chi connectivity index (χ3v) is 5.40. The fourth-order valence-electron chi connectivity index (χ4n) is 3.38. The van der Waals surface area contributed by atoms with Crippen LogP contribution >= 0.6 is 11.3 Å². The second kappa shape index (κ2) is 6.99. The van der Waals surface area contributed by atoms with Gasteiger partial charge in [-0.3, -0.25) is 0 Å². The van der Waals surface area contributed by atoms with Gasteiger partial charge in [0.05, 0.1) is 0 Å². The van der Waals surface area contributed by atoms with Gasteiger partial charge in [0, 0.05) is 24.4 Å². The lowest BCUT2D eigenvalue weighted by Crippen LogP contribution is -2.24. The van der Waals surface area contributed by atoms with E-state index in [1.807, 2.05) is 11.3 Å². The molecule has 1 aliphatic rings. The first-order valence-corrected chi connectivity index (χ1v) is 8.90. The molecule has 1 aromatic heterocycles. The van der Waals surface area contributed by atoms with Crippen LogP contribution in [0.4, 0.5) is 0 Å². The van der Waals surface area contributed by atoms with Crippen LogP contribution in [0.5, 0.6) is 0 Å². The average molecular weight is 295 g/mol. The molecule has 0 spiro atoms. The van der Waals surface area contributed by atoms with Crippen molar-refractivity contribution in [1.29, 1.82) is 0 Å². The van der Waals surface area contributed by atoms with Crippen LogP contribution in [0.1, 0.15) is 69.8 Å². The molecule has 0 aromatic carbocycles. The first-order valence-electron chi connectivity index (χ1n) is 8.08. The zero-order chi connectivity index (χ0) is 14.6. The highest BCUT2D eigenvalue weighted by Crippen LogP contribution is 2.46. The van der Waals surface area contributed by atoms with Gasteiger partial charge in [0.1, 0.15) is 10.0 Å². The Hall–Kier alpha value is -0.480. The van der Waals surface area contributed by atoms with E-state index in [1.54, 1.807) is 0 Å². The molecule has 1 heterocycles. The highest BCUT2D eigenvalue weighted by atomic mass is 32.1. The second-order valence-corrected chi connectivity index (χ2v) is 8.01. The van der Waals surface area contributed by atoms with E-state index in [-0.39, 0.29) is 0 Å². The van der Waals surface area contributed by atoms with E-state index in [9.17, 15) is 0 Å². The van der Waals surface area contributed by atoms with Crippen LogP contribution in [-0.4, -0.2) is 22.8 Å². The van der Waals surface area contributed by atoms with Gasteiger partial charge in [-0.2, -0.15) is 0 Å². The van der Waals surface area contributed by atoms with Crippen LogP contribution in [0.3, 0.4) is 0 Å². The molecule has 0 unspecified atom stereocenters. The summed E-state index contributed by atoms with van der Waals surface area (Å²) in [4.78, 5) is 0. The Labute approximate surface area is 127 Å². The lowest BCUT2D eigenvalue weighted by Gasteiger charge is -2.27. The quantitative estimate of drug-likeness (QED) is 0.828. The molecule has 1 aliphatic carbocycles. The zero-order valence-corrected chi connectivity index (χ0v) is 14.2. The molecule has 1 N–H and O–H groups in total. The molecule has 20 heavy (non-hydrogen) atoms. The number of hydrogen-bond donors (Lipinski definition) is 1. The highest BCUT2D eigenvalue weighted by Gasteiger charge is 2.39. The Kier molecular flexibility index (Phi) is 5.56. The normalized spacial score (nSPS) is 18.3. The van der Waals surface area contributed by atoms with Crippen molar-refractivity contribution in [1.82, 2.24) is 15.5 Å². The number of aromatic nitrogens is 2. The number of hydrogen-bond acceptors (Lipinski definition) is 4. The fourth-order valence-corrected chi connectivity index (χ4v) is 4.47. The van der Waals surface area contributed by atoms with Gasteiger partial charge in [0.25, 0.3) is 0 Å². The highest BCUT2D eigenvalue weighted by molar-refractivity contribution is 7.11. The summed E-state index contributed by atoms with van der Waals surface area (Å²) in [6.45, 7) is 10.0. The fraction of sp³-hybridized carbons (Fsp3) is 0.875. The van der Waals surface area contributed by atoms with Crippen LogP contribution < -0.4 is 5.32 Å². The summed E-state index contributed by atoms with van der Waals surface area (Å²) in [5, 5.41) is 15.0. The van der Waals surface area contributed by atoms with E-state index >= 15 is 0 Å². The van der Waals surface area contributed by atoms with Gasteiger partial charge in [-0.1, -0.05) is 40.5 Å². The van der Waals surface area contributed by atoms with Crippen molar-refractivity contribution in [3.05, 3.63) is 10.0 Å². The minimum Gasteiger partial charge on any atom is -0.314 e. The molecule has 114 valence electrons. The van der Waals surface area contributed by atoms with Crippen molar-refractivity contribution in [2.75, 3.05) is 6.54 Å². The van der Waals surface area contributed by atoms with E-state index in [0.29, 0.717) is 11.5 Å². The van der Waals surface area contributed by atoms with Crippen molar-refractivity contribution >= 4 is 11.3 Å². The van der Waals surface area contributed by atoms with E-state index < -0.39 is 0 Å². The molecule has 1 saturated carbocycles. The van der Waals surface area contributed by atoms with Gasteiger partial charge in [-0.05, 0) is 25.2 Å². The molecule has 0 atom stereocenters. The Morgan fingerprint density at radius 1 is 1.15 bits per heavy atom. The van der Waals surface area contributed by atoms with Crippen LogP contribution in [0, 0.1) is 5.92 Å². The maximum absolute atomic E-state index is 4.56. The molecule has 1 aromatic rings. The minimum atomic E-state index is 0.343. The number of nitrogens with one attached hydrogen (secondary N) is 1. The van der Waals surface area contributed by atoms with Gasteiger partial charge >= 0.3 is 0 Å². The van der Waals surface area contributed by atoms with Gasteiger partial charge in [-0.25, -0.2) is 0 Å². The molecule has 2 rings (SSSR count). The van der Waals surface area contributed by atoms with Gasteiger partial charge < -0.3 is 5.32 Å². The maximum atomic E-state index is 4.56. The monoisotopic (exact) mass is 295 g/mol. The maximum Gasteiger partial charge on any atom is 0.123 e. The molecule has 0 aliphatic heterocycles. The van der Waals surface area contributed by atoms with Crippen LogP contribution in [0.25, 0.3) is 0 Å². The lowest BCUT2D eigenvalue weighted by molar-refractivity contribution is 0.343. The average Bonchev–Trinajstić information content (AvgIpc) is 2.97. The SMILES string of the molecule is CC(C)CC1(c2nnc(CCNC(C)C)s2)CCCC1. The van der Waals surface area contributed by atoms with Crippen LogP contribution in [0.2, 0.25) is 0 Å². The topological polar surface area (TPSA) is 37.8 Å². The molecule has 0 bridgehead atoms. The van der Waals surface area contributed by atoms with Gasteiger partial charge in [0.15, 0.2) is 0 Å². The molecular weight excluding hydrogens is 266 g/mol. The largest absolute Gasteiger partial charge is 0.314 e. The van der Waals surface area contributed by atoms with E-state index in [0.717, 1.165) is 18.9 Å². The molecule has 0 saturated heterocycles. The molecule has 4 heteroatoms. The van der Waals surface area contributed by atoms with E-state index in [2.05, 4.69) is 43.2 Å². The van der Waals surface area contributed by atoms with Crippen molar-refractivity contribution < 1.29 is 0 Å². The summed E-state index contributed by atoms with van der Waals surface area (Å²) in [6.07, 6.45) is 7.61. The predicted octanol–water partition coefficient (Wildman–Crippen LogP) is 3.94. The second-order valence-electron chi connectivity index (χ2n) is 6.95. The van der Waals surface area contributed by atoms with Crippen molar-refractivity contribution in [2.24, 2.45) is 5.92 Å². The van der Waals surface area contributed by atoms with Crippen molar-refractivity contribution in [3.63, 3.8) is 0 Å². The van der Waals surface area contributed by atoms with Gasteiger partial charge in [0.2, 0.25) is 0 Å². The molecule has 3 nitrogen and oxygen atoms in total. The molecular formula is C16H29N3S. The molecule has 0 radical (unpaired) electrons. The summed E-state index contributed by atoms with van der Waals surface area (Å²) in [7, 11) is 0. The number of nitrogens with zero attached hydrogens (tertiary/aromatic N) is 2. The van der Waals surface area contributed by atoms with Crippen molar-refractivity contribution in [3.8, 4) is 0 Å². The Morgan fingerprint density at radius 3 is 2.45 bits per heavy atom. The Morgan fingerprint density at radius 2 is 1.85 bits per heavy atom. The van der Waals surface area contributed by atoms with Gasteiger partial charge in [-0.15, -0.1) is 21.5 Å². The predicted molar refractivity (Wildman–Crippen MR) is 86.4 cm³/mol. The summed E-state index contributed by atoms with van der Waals surface area (Å²) in [5.74, 6) is 0.739. The first-order chi connectivity index (χ1) is 9.52. The summed E-state index contributed by atoms with van der Waals surface area (Å²) in [5.41, 5.74) is 0.343. The zero-order valence-electron chi connectivity index (χ0n) is 13.4. The third-order valence-electron chi connectivity index (χ3n) is 4.17. The van der Waals surface area contributed by atoms with Crippen LogP contribution in [0.15, 0.2) is 0 Å². The lowest BCUT2D eigenvalue weighted by atomic mass is 9.79. The molecule has 0 amide bonds. The third kappa shape index (κ3) is 4.01. The van der Waals surface area contributed by atoms with Crippen molar-refractivity contribution in [2.45, 2.75) is 77.7 Å². The smallest absolute Gasteiger partial charge is 0.123 e. The summed E-state index contributed by atoms with van der Waals surface area (Å²) in [6, 6.07) is 0.546. The Bertz CT molecular complexity index is 406. The number of rotatable bonds is 7. The van der Waals surface area contributed by atoms with E-state index in [4.69, 9.17) is 0 Å². The minimum absolute atomic E-state index is 0.343. The standard InChI is InChI=1S/C16H29N3S/c1-12(2)11-16(8-5-6-9-16)15-19-18-14(20-15)7-10-17-13(3)4/h12-13,17H,5-11H2,1-4H3. The van der Waals surface area contributed by atoms with E-state index in [1.165, 1.54) is 42.1 Å². The first kappa shape index (κ1) is 15.9. The Balaban J connectivity index is 2.01. The summed E-state index contributed by atoms with van der Waals surface area (Å²) < 4.78 is 0.